The predicted molar refractivity (Wildman–Crippen MR) is 121 cm³/mol. The van der Waals surface area contributed by atoms with E-state index in [4.69, 9.17) is 4.74 Å². The number of para-hydroxylation sites is 1. The van der Waals surface area contributed by atoms with Crippen LogP contribution in [0.5, 0.6) is 5.75 Å². The summed E-state index contributed by atoms with van der Waals surface area (Å²) in [5.41, 5.74) is 2.31. The van der Waals surface area contributed by atoms with Gasteiger partial charge in [0.15, 0.2) is 5.96 Å². The first-order valence-electron chi connectivity index (χ1n) is 10.7. The van der Waals surface area contributed by atoms with Crippen LogP contribution in [0.15, 0.2) is 59.6 Å². The Labute approximate surface area is 179 Å². The van der Waals surface area contributed by atoms with Crippen molar-refractivity contribution in [2.75, 3.05) is 33.3 Å². The first-order valence-corrected chi connectivity index (χ1v) is 10.7. The van der Waals surface area contributed by atoms with E-state index in [9.17, 15) is 4.79 Å². The van der Waals surface area contributed by atoms with Crippen LogP contribution in [0, 0.1) is 5.92 Å². The lowest BCUT2D eigenvalue weighted by molar-refractivity contribution is -0.127. The van der Waals surface area contributed by atoms with E-state index in [1.54, 1.807) is 7.11 Å². The number of carbonyl (C=O) groups is 1. The lowest BCUT2D eigenvalue weighted by Crippen LogP contribution is -2.40. The molecule has 6 nitrogen and oxygen atoms in total. The second-order valence-electron chi connectivity index (χ2n) is 7.53. The Bertz CT molecular complexity index is 838. The van der Waals surface area contributed by atoms with Crippen molar-refractivity contribution in [1.82, 2.24) is 15.5 Å². The highest BCUT2D eigenvalue weighted by atomic mass is 16.5. The molecule has 1 saturated heterocycles. The maximum atomic E-state index is 12.4. The van der Waals surface area contributed by atoms with Gasteiger partial charge in [0.05, 0.1) is 13.7 Å². The highest BCUT2D eigenvalue weighted by Crippen LogP contribution is 2.19. The molecule has 30 heavy (non-hydrogen) atoms. The minimum Gasteiger partial charge on any atom is -0.496 e. The average molecular weight is 409 g/mol. The molecule has 1 aliphatic rings. The van der Waals surface area contributed by atoms with E-state index in [0.29, 0.717) is 18.9 Å². The molecule has 0 spiro atoms. The van der Waals surface area contributed by atoms with Gasteiger partial charge in [-0.15, -0.1) is 0 Å². The van der Waals surface area contributed by atoms with Crippen molar-refractivity contribution >= 4 is 11.9 Å². The van der Waals surface area contributed by atoms with E-state index in [2.05, 4.69) is 27.8 Å². The first kappa shape index (κ1) is 21.7. The molecule has 0 aliphatic carbocycles. The van der Waals surface area contributed by atoms with Crippen molar-refractivity contribution in [1.29, 1.82) is 0 Å². The first-order chi connectivity index (χ1) is 14.7. The molecule has 1 amide bonds. The molecule has 0 bridgehead atoms. The Hall–Kier alpha value is -3.02. The minimum absolute atomic E-state index is 0.244. The monoisotopic (exact) mass is 408 g/mol. The number of amides is 1. The number of hydrogen-bond acceptors (Lipinski definition) is 3. The smallest absolute Gasteiger partial charge is 0.223 e. The lowest BCUT2D eigenvalue weighted by Gasteiger charge is -2.18. The summed E-state index contributed by atoms with van der Waals surface area (Å²) in [5, 5.41) is 6.69. The summed E-state index contributed by atoms with van der Waals surface area (Å²) in [5.74, 6) is 2.14. The Morgan fingerprint density at radius 2 is 1.90 bits per heavy atom. The van der Waals surface area contributed by atoms with Gasteiger partial charge in [-0.3, -0.25) is 4.79 Å². The van der Waals surface area contributed by atoms with Crippen LogP contribution in [0.1, 0.15) is 24.5 Å². The van der Waals surface area contributed by atoms with Crippen LogP contribution < -0.4 is 15.4 Å². The fourth-order valence-electron chi connectivity index (χ4n) is 3.70. The zero-order chi connectivity index (χ0) is 21.2. The van der Waals surface area contributed by atoms with Crippen LogP contribution in [0.4, 0.5) is 0 Å². The Balaban J connectivity index is 1.50. The van der Waals surface area contributed by atoms with Gasteiger partial charge in [-0.25, -0.2) is 4.99 Å². The Kier molecular flexibility index (Phi) is 8.12. The zero-order valence-corrected chi connectivity index (χ0v) is 17.9. The third-order valence-corrected chi connectivity index (χ3v) is 5.31. The van der Waals surface area contributed by atoms with Gasteiger partial charge in [-0.1, -0.05) is 48.5 Å². The largest absolute Gasteiger partial charge is 0.496 e. The topological polar surface area (TPSA) is 66.0 Å². The molecule has 0 aromatic heterocycles. The summed E-state index contributed by atoms with van der Waals surface area (Å²) in [6, 6.07) is 18.2. The van der Waals surface area contributed by atoms with Gasteiger partial charge in [-0.05, 0) is 25.0 Å². The summed E-state index contributed by atoms with van der Waals surface area (Å²) in [7, 11) is 1.67. The number of nitrogens with one attached hydrogen (secondary N) is 2. The van der Waals surface area contributed by atoms with Crippen molar-refractivity contribution in [3.8, 4) is 5.75 Å². The number of carbonyl (C=O) groups excluding carboxylic acids is 1. The van der Waals surface area contributed by atoms with E-state index >= 15 is 0 Å². The molecular formula is C24H32N4O2. The lowest BCUT2D eigenvalue weighted by atomic mass is 10.1. The number of hydrogen-bond donors (Lipinski definition) is 2. The normalized spacial score (nSPS) is 16.6. The number of ether oxygens (including phenoxy) is 1. The van der Waals surface area contributed by atoms with Gasteiger partial charge >= 0.3 is 0 Å². The number of aliphatic imine (C=N–C) groups is 1. The maximum Gasteiger partial charge on any atom is 0.223 e. The third-order valence-electron chi connectivity index (χ3n) is 5.31. The van der Waals surface area contributed by atoms with Crippen molar-refractivity contribution in [2.45, 2.75) is 26.3 Å². The number of nitrogens with zero attached hydrogens (tertiary/aromatic N) is 2. The van der Waals surface area contributed by atoms with Crippen LogP contribution >= 0.6 is 0 Å². The third kappa shape index (κ3) is 6.24. The minimum atomic E-state index is 0.244. The molecule has 2 aromatic rings. The quantitative estimate of drug-likeness (QED) is 0.495. The van der Waals surface area contributed by atoms with Gasteiger partial charge in [-0.2, -0.15) is 0 Å². The number of guanidine groups is 1. The Morgan fingerprint density at radius 1 is 1.13 bits per heavy atom. The van der Waals surface area contributed by atoms with Gasteiger partial charge < -0.3 is 20.3 Å². The van der Waals surface area contributed by atoms with Crippen molar-refractivity contribution in [3.05, 3.63) is 65.7 Å². The average Bonchev–Trinajstić information content (AvgIpc) is 3.14. The molecular weight excluding hydrogens is 376 g/mol. The zero-order valence-electron chi connectivity index (χ0n) is 17.9. The van der Waals surface area contributed by atoms with Crippen LogP contribution in [-0.2, 0) is 17.8 Å². The van der Waals surface area contributed by atoms with E-state index in [1.165, 1.54) is 5.56 Å². The summed E-state index contributed by atoms with van der Waals surface area (Å²) in [6.45, 7) is 5.67. The molecule has 1 unspecified atom stereocenters. The number of methoxy groups -OCH3 is 1. The van der Waals surface area contributed by atoms with E-state index in [-0.39, 0.29) is 5.91 Å². The highest BCUT2D eigenvalue weighted by molar-refractivity contribution is 5.81. The molecule has 6 heteroatoms. The molecule has 2 N–H and O–H groups in total. The fraction of sp³-hybridized carbons (Fsp3) is 0.417. The fourth-order valence-corrected chi connectivity index (χ4v) is 3.70. The van der Waals surface area contributed by atoms with Crippen molar-refractivity contribution in [2.24, 2.45) is 10.9 Å². The van der Waals surface area contributed by atoms with E-state index in [1.807, 2.05) is 54.3 Å². The van der Waals surface area contributed by atoms with Crippen molar-refractivity contribution in [3.63, 3.8) is 0 Å². The van der Waals surface area contributed by atoms with E-state index in [0.717, 1.165) is 49.9 Å². The SMILES string of the molecule is CCNC(=NCc1ccccc1OC)NCC1CC(=O)N(CCc2ccccc2)C1. The summed E-state index contributed by atoms with van der Waals surface area (Å²) in [4.78, 5) is 19.1. The van der Waals surface area contributed by atoms with Gasteiger partial charge in [0.2, 0.25) is 5.91 Å². The number of likely N-dealkylation sites (tertiary alicyclic amines) is 1. The summed E-state index contributed by atoms with van der Waals surface area (Å²) in [6.07, 6.45) is 1.49. The van der Waals surface area contributed by atoms with E-state index < -0.39 is 0 Å². The van der Waals surface area contributed by atoms with Gasteiger partial charge in [0, 0.05) is 44.1 Å². The molecule has 1 heterocycles. The van der Waals surface area contributed by atoms with Gasteiger partial charge in [0.1, 0.15) is 5.75 Å². The molecule has 1 fully saturated rings. The molecule has 1 atom stereocenters. The molecule has 1 aliphatic heterocycles. The molecule has 0 radical (unpaired) electrons. The van der Waals surface area contributed by atoms with Crippen LogP contribution in [0.2, 0.25) is 0 Å². The molecule has 3 rings (SSSR count). The second kappa shape index (κ2) is 11.2. The predicted octanol–water partition coefficient (Wildman–Crippen LogP) is 2.84. The molecule has 160 valence electrons. The molecule has 2 aromatic carbocycles. The van der Waals surface area contributed by atoms with Crippen LogP contribution in [-0.4, -0.2) is 50.1 Å². The standard InChI is InChI=1S/C24H32N4O2/c1-3-25-24(27-17-21-11-7-8-12-22(21)30-2)26-16-20-15-23(29)28(18-20)14-13-19-9-5-4-6-10-19/h4-12,20H,3,13-18H2,1-2H3,(H2,25,26,27). The van der Waals surface area contributed by atoms with Crippen LogP contribution in [0.3, 0.4) is 0 Å². The van der Waals surface area contributed by atoms with Gasteiger partial charge in [0.25, 0.3) is 0 Å². The second-order valence-corrected chi connectivity index (χ2v) is 7.53. The summed E-state index contributed by atoms with van der Waals surface area (Å²) < 4.78 is 5.40. The number of benzene rings is 2. The Morgan fingerprint density at radius 3 is 2.67 bits per heavy atom. The summed E-state index contributed by atoms with van der Waals surface area (Å²) >= 11 is 0. The molecule has 0 saturated carbocycles. The highest BCUT2D eigenvalue weighted by Gasteiger charge is 2.29. The number of rotatable bonds is 9. The van der Waals surface area contributed by atoms with Crippen molar-refractivity contribution < 1.29 is 9.53 Å². The maximum absolute atomic E-state index is 12.4. The van der Waals surface area contributed by atoms with Crippen LogP contribution in [0.25, 0.3) is 0 Å².